The molecule has 1 heterocycles. The monoisotopic (exact) mass is 375 g/mol. The van der Waals surface area contributed by atoms with Crippen molar-refractivity contribution in [2.45, 2.75) is 84.2 Å². The van der Waals surface area contributed by atoms with Crippen molar-refractivity contribution in [2.75, 3.05) is 6.54 Å². The van der Waals surface area contributed by atoms with Crippen molar-refractivity contribution >= 4 is 17.8 Å². The molecule has 6 heteroatoms. The molecule has 5 unspecified atom stereocenters. The van der Waals surface area contributed by atoms with E-state index in [0.29, 0.717) is 12.3 Å². The van der Waals surface area contributed by atoms with Crippen LogP contribution < -0.4 is 10.6 Å². The molecule has 5 atom stereocenters. The second kappa shape index (κ2) is 5.95. The summed E-state index contributed by atoms with van der Waals surface area (Å²) in [7, 11) is 0. The third-order valence-corrected chi connectivity index (χ3v) is 8.93. The van der Waals surface area contributed by atoms with Gasteiger partial charge in [0.05, 0.1) is 0 Å². The van der Waals surface area contributed by atoms with Gasteiger partial charge in [0, 0.05) is 6.04 Å². The average Bonchev–Trinajstić information content (AvgIpc) is 3.05. The van der Waals surface area contributed by atoms with E-state index < -0.39 is 11.6 Å². The standard InChI is InChI=1S/C21H33N3O3/c1-13-7-5-6-9-21(13)17(26)24(18(27)23-21)12-16(25)22-15-11-14-8-10-20(15,4)19(14,2)3/h13-15H,5-12H2,1-4H3,(H,22,25)(H,23,27). The van der Waals surface area contributed by atoms with Crippen LogP contribution in [0.5, 0.6) is 0 Å². The summed E-state index contributed by atoms with van der Waals surface area (Å²) in [6, 6.07) is -0.287. The summed E-state index contributed by atoms with van der Waals surface area (Å²) in [6.45, 7) is 8.75. The number of amides is 4. The van der Waals surface area contributed by atoms with Crippen LogP contribution in [-0.4, -0.2) is 40.9 Å². The van der Waals surface area contributed by atoms with Gasteiger partial charge in [-0.25, -0.2) is 4.79 Å². The molecule has 0 radical (unpaired) electrons. The summed E-state index contributed by atoms with van der Waals surface area (Å²) in [5, 5.41) is 6.09. The van der Waals surface area contributed by atoms with Crippen LogP contribution in [0.4, 0.5) is 4.79 Å². The van der Waals surface area contributed by atoms with E-state index in [9.17, 15) is 14.4 Å². The molecule has 150 valence electrons. The van der Waals surface area contributed by atoms with Crippen molar-refractivity contribution in [1.82, 2.24) is 15.5 Å². The highest BCUT2D eigenvalue weighted by molar-refractivity contribution is 6.09. The fourth-order valence-corrected chi connectivity index (χ4v) is 6.44. The molecule has 3 aliphatic carbocycles. The van der Waals surface area contributed by atoms with Crippen molar-refractivity contribution < 1.29 is 14.4 Å². The number of nitrogens with zero attached hydrogens (tertiary/aromatic N) is 1. The van der Waals surface area contributed by atoms with Gasteiger partial charge in [-0.3, -0.25) is 14.5 Å². The summed E-state index contributed by atoms with van der Waals surface area (Å²) >= 11 is 0. The number of nitrogens with one attached hydrogen (secondary N) is 2. The Morgan fingerprint density at radius 2 is 1.93 bits per heavy atom. The largest absolute Gasteiger partial charge is 0.351 e. The molecule has 1 spiro atoms. The van der Waals surface area contributed by atoms with Gasteiger partial charge >= 0.3 is 6.03 Å². The second-order valence-corrected chi connectivity index (χ2v) is 10.2. The smallest absolute Gasteiger partial charge is 0.325 e. The normalized spacial score (nSPS) is 42.7. The maximum Gasteiger partial charge on any atom is 0.325 e. The van der Waals surface area contributed by atoms with Gasteiger partial charge in [0.1, 0.15) is 12.1 Å². The van der Waals surface area contributed by atoms with E-state index in [4.69, 9.17) is 0 Å². The molecule has 4 fully saturated rings. The minimum atomic E-state index is -0.796. The molecule has 0 aromatic carbocycles. The SMILES string of the molecule is CC1CCCCC12NC(=O)N(CC(=O)NC1CC3CCC1(C)C3(C)C)C2=O. The molecule has 0 aromatic rings. The number of carbonyl (C=O) groups is 3. The van der Waals surface area contributed by atoms with E-state index in [-0.39, 0.29) is 41.1 Å². The highest BCUT2D eigenvalue weighted by Crippen LogP contribution is 2.65. The zero-order valence-corrected chi connectivity index (χ0v) is 17.1. The number of carbonyl (C=O) groups excluding carboxylic acids is 3. The van der Waals surface area contributed by atoms with Crippen LogP contribution in [0.25, 0.3) is 0 Å². The van der Waals surface area contributed by atoms with Gasteiger partial charge in [-0.2, -0.15) is 0 Å². The molecule has 0 aromatic heterocycles. The molecular weight excluding hydrogens is 342 g/mol. The van der Waals surface area contributed by atoms with E-state index in [1.165, 1.54) is 6.42 Å². The Morgan fingerprint density at radius 3 is 2.52 bits per heavy atom. The maximum absolute atomic E-state index is 13.0. The molecule has 2 N–H and O–H groups in total. The van der Waals surface area contributed by atoms with Crippen molar-refractivity contribution in [3.05, 3.63) is 0 Å². The minimum absolute atomic E-state index is 0.0870. The molecule has 4 amide bonds. The first-order chi connectivity index (χ1) is 12.6. The topological polar surface area (TPSA) is 78.5 Å². The molecule has 2 bridgehead atoms. The third-order valence-electron chi connectivity index (χ3n) is 8.93. The lowest BCUT2D eigenvalue weighted by atomic mass is 9.69. The Balaban J connectivity index is 1.43. The van der Waals surface area contributed by atoms with Crippen LogP contribution in [0.3, 0.4) is 0 Å². The Kier molecular flexibility index (Phi) is 4.13. The van der Waals surface area contributed by atoms with E-state index in [1.807, 2.05) is 6.92 Å². The molecule has 4 aliphatic rings. The van der Waals surface area contributed by atoms with Gasteiger partial charge in [0.2, 0.25) is 5.91 Å². The number of fused-ring (bicyclic) bond motifs is 2. The van der Waals surface area contributed by atoms with Crippen molar-refractivity contribution in [2.24, 2.45) is 22.7 Å². The van der Waals surface area contributed by atoms with Gasteiger partial charge in [-0.15, -0.1) is 0 Å². The quantitative estimate of drug-likeness (QED) is 0.745. The Hall–Kier alpha value is -1.59. The van der Waals surface area contributed by atoms with E-state index >= 15 is 0 Å². The van der Waals surface area contributed by atoms with Gasteiger partial charge in [-0.1, -0.05) is 40.5 Å². The van der Waals surface area contributed by atoms with Crippen LogP contribution >= 0.6 is 0 Å². The summed E-state index contributed by atoms with van der Waals surface area (Å²) in [5.41, 5.74) is -0.493. The molecule has 4 rings (SSSR count). The van der Waals surface area contributed by atoms with Crippen LogP contribution in [-0.2, 0) is 9.59 Å². The van der Waals surface area contributed by atoms with Gasteiger partial charge in [-0.05, 0) is 54.8 Å². The average molecular weight is 376 g/mol. The minimum Gasteiger partial charge on any atom is -0.351 e. The molecule has 6 nitrogen and oxygen atoms in total. The van der Waals surface area contributed by atoms with Crippen molar-refractivity contribution in [3.8, 4) is 0 Å². The lowest BCUT2D eigenvalue weighted by Crippen LogP contribution is -2.54. The third kappa shape index (κ3) is 2.47. The lowest BCUT2D eigenvalue weighted by Gasteiger charge is -2.39. The maximum atomic E-state index is 13.0. The summed E-state index contributed by atoms with van der Waals surface area (Å²) < 4.78 is 0. The zero-order valence-electron chi connectivity index (χ0n) is 17.1. The zero-order chi connectivity index (χ0) is 19.6. The Bertz CT molecular complexity index is 690. The van der Waals surface area contributed by atoms with E-state index in [1.54, 1.807) is 0 Å². The van der Waals surface area contributed by atoms with Gasteiger partial charge < -0.3 is 10.6 Å². The Morgan fingerprint density at radius 1 is 1.19 bits per heavy atom. The van der Waals surface area contributed by atoms with Crippen molar-refractivity contribution in [1.29, 1.82) is 0 Å². The molecule has 1 saturated heterocycles. The Labute approximate surface area is 161 Å². The molecule has 27 heavy (non-hydrogen) atoms. The summed E-state index contributed by atoms with van der Waals surface area (Å²) in [6.07, 6.45) is 6.98. The van der Waals surface area contributed by atoms with Gasteiger partial charge in [0.25, 0.3) is 5.91 Å². The highest BCUT2D eigenvalue weighted by atomic mass is 16.2. The predicted molar refractivity (Wildman–Crippen MR) is 102 cm³/mol. The number of rotatable bonds is 3. The predicted octanol–water partition coefficient (Wildman–Crippen LogP) is 2.82. The van der Waals surface area contributed by atoms with Gasteiger partial charge in [0.15, 0.2) is 0 Å². The number of urea groups is 1. The highest BCUT2D eigenvalue weighted by Gasteiger charge is 2.62. The molecule has 3 saturated carbocycles. The second-order valence-electron chi connectivity index (χ2n) is 10.2. The molecule has 1 aliphatic heterocycles. The fourth-order valence-electron chi connectivity index (χ4n) is 6.44. The van der Waals surface area contributed by atoms with Crippen LogP contribution in [0.15, 0.2) is 0 Å². The van der Waals surface area contributed by atoms with Crippen LogP contribution in [0.1, 0.15) is 72.6 Å². The van der Waals surface area contributed by atoms with Crippen LogP contribution in [0.2, 0.25) is 0 Å². The lowest BCUT2D eigenvalue weighted by molar-refractivity contribution is -0.137. The first-order valence-corrected chi connectivity index (χ1v) is 10.6. The number of imide groups is 1. The van der Waals surface area contributed by atoms with Crippen molar-refractivity contribution in [3.63, 3.8) is 0 Å². The number of hydrogen-bond acceptors (Lipinski definition) is 3. The van der Waals surface area contributed by atoms with E-state index in [0.717, 1.165) is 37.0 Å². The summed E-state index contributed by atoms with van der Waals surface area (Å²) in [4.78, 5) is 39.4. The fraction of sp³-hybridized carbons (Fsp3) is 0.857. The first-order valence-electron chi connectivity index (χ1n) is 10.6. The molecular formula is C21H33N3O3. The first kappa shape index (κ1) is 18.8. The van der Waals surface area contributed by atoms with E-state index in [2.05, 4.69) is 31.4 Å². The van der Waals surface area contributed by atoms with Crippen LogP contribution in [0, 0.1) is 22.7 Å². The number of hydrogen-bond donors (Lipinski definition) is 2. The summed E-state index contributed by atoms with van der Waals surface area (Å²) in [5.74, 6) is 0.319.